The van der Waals surface area contributed by atoms with Crippen LogP contribution in [0.4, 0.5) is 13.2 Å². The van der Waals surface area contributed by atoms with E-state index in [4.69, 9.17) is 0 Å². The van der Waals surface area contributed by atoms with Crippen LogP contribution in [-0.2, 0) is 10.0 Å². The van der Waals surface area contributed by atoms with E-state index in [0.717, 1.165) is 29.8 Å². The van der Waals surface area contributed by atoms with Crippen LogP contribution in [0.25, 0.3) is 0 Å². The number of benzene rings is 1. The van der Waals surface area contributed by atoms with Crippen molar-refractivity contribution in [3.8, 4) is 0 Å². The third-order valence-corrected chi connectivity index (χ3v) is 6.70. The summed E-state index contributed by atoms with van der Waals surface area (Å²) in [4.78, 5) is -0.797. The maximum atomic E-state index is 13.8. The average Bonchev–Trinajstić information content (AvgIpc) is 3.07. The van der Waals surface area contributed by atoms with E-state index in [2.05, 4.69) is 5.32 Å². The normalized spacial score (nSPS) is 23.2. The smallest absolute Gasteiger partial charge is 0.246 e. The van der Waals surface area contributed by atoms with Crippen molar-refractivity contribution in [1.82, 2.24) is 9.62 Å². The number of nitrogens with one attached hydrogen (secondary N) is 1. The van der Waals surface area contributed by atoms with Gasteiger partial charge in [0.25, 0.3) is 0 Å². The molecule has 2 heterocycles. The van der Waals surface area contributed by atoms with Crippen molar-refractivity contribution in [2.75, 3.05) is 19.6 Å². The standard InChI is InChI=1S/C15H19F3N2O2S.ClH/c16-11-3-4-13(15(18)14(11)17)23(21,22)20-8-5-10(6-9-20)12-2-1-7-19-12;/h3-4,10,12,19H,1-2,5-9H2;1H. The topological polar surface area (TPSA) is 49.4 Å². The van der Waals surface area contributed by atoms with E-state index in [-0.39, 0.29) is 25.5 Å². The van der Waals surface area contributed by atoms with E-state index in [9.17, 15) is 21.6 Å². The fourth-order valence-electron chi connectivity index (χ4n) is 3.48. The van der Waals surface area contributed by atoms with Crippen molar-refractivity contribution in [2.24, 2.45) is 5.92 Å². The molecule has 1 N–H and O–H groups in total. The lowest BCUT2D eigenvalue weighted by molar-refractivity contribution is 0.233. The summed E-state index contributed by atoms with van der Waals surface area (Å²) in [6.45, 7) is 1.52. The van der Waals surface area contributed by atoms with Crippen LogP contribution in [0, 0.1) is 23.4 Å². The van der Waals surface area contributed by atoms with Crippen molar-refractivity contribution in [2.45, 2.75) is 36.6 Å². The quantitative estimate of drug-likeness (QED) is 0.815. The predicted octanol–water partition coefficient (Wildman–Crippen LogP) is 2.68. The first-order chi connectivity index (χ1) is 10.9. The zero-order valence-electron chi connectivity index (χ0n) is 13.0. The van der Waals surface area contributed by atoms with Crippen LogP contribution in [0.3, 0.4) is 0 Å². The Bertz CT molecular complexity index is 688. The number of hydrogen-bond donors (Lipinski definition) is 1. The number of nitrogens with zero attached hydrogens (tertiary/aromatic N) is 1. The number of halogens is 4. The van der Waals surface area contributed by atoms with E-state index in [1.165, 1.54) is 0 Å². The maximum Gasteiger partial charge on any atom is 0.246 e. The van der Waals surface area contributed by atoms with E-state index < -0.39 is 32.4 Å². The molecule has 1 atom stereocenters. The minimum absolute atomic E-state index is 0. The molecule has 0 saturated carbocycles. The summed E-state index contributed by atoms with van der Waals surface area (Å²) in [5.41, 5.74) is 0. The third-order valence-electron chi connectivity index (χ3n) is 4.78. The Labute approximate surface area is 145 Å². The number of rotatable bonds is 3. The molecule has 0 radical (unpaired) electrons. The Morgan fingerprint density at radius 3 is 2.29 bits per heavy atom. The lowest BCUT2D eigenvalue weighted by Crippen LogP contribution is -2.43. The van der Waals surface area contributed by atoms with Gasteiger partial charge >= 0.3 is 0 Å². The number of sulfonamides is 1. The van der Waals surface area contributed by atoms with Gasteiger partial charge < -0.3 is 5.32 Å². The van der Waals surface area contributed by atoms with Gasteiger partial charge in [-0.15, -0.1) is 12.4 Å². The van der Waals surface area contributed by atoms with Crippen LogP contribution in [0.2, 0.25) is 0 Å². The molecular formula is C15H20ClF3N2O2S. The second kappa shape index (κ2) is 7.59. The van der Waals surface area contributed by atoms with Crippen LogP contribution in [0.5, 0.6) is 0 Å². The Morgan fingerprint density at radius 2 is 1.71 bits per heavy atom. The molecule has 4 nitrogen and oxygen atoms in total. The van der Waals surface area contributed by atoms with Gasteiger partial charge in [-0.25, -0.2) is 21.6 Å². The Hall–Kier alpha value is -0.830. The van der Waals surface area contributed by atoms with Gasteiger partial charge in [0.15, 0.2) is 17.5 Å². The molecule has 0 aromatic heterocycles. The van der Waals surface area contributed by atoms with Crippen molar-refractivity contribution in [3.63, 3.8) is 0 Å². The first-order valence-electron chi connectivity index (χ1n) is 7.78. The monoisotopic (exact) mass is 384 g/mol. The highest BCUT2D eigenvalue weighted by Gasteiger charge is 2.35. The van der Waals surface area contributed by atoms with Gasteiger partial charge in [0.05, 0.1) is 0 Å². The first kappa shape index (κ1) is 19.5. The molecule has 24 heavy (non-hydrogen) atoms. The van der Waals surface area contributed by atoms with Crippen molar-refractivity contribution >= 4 is 22.4 Å². The summed E-state index contributed by atoms with van der Waals surface area (Å²) < 4.78 is 66.2. The summed E-state index contributed by atoms with van der Waals surface area (Å²) >= 11 is 0. The van der Waals surface area contributed by atoms with Crippen LogP contribution in [-0.4, -0.2) is 38.4 Å². The molecule has 136 valence electrons. The summed E-state index contributed by atoms with van der Waals surface area (Å²) in [5.74, 6) is -4.40. The molecule has 1 unspecified atom stereocenters. The molecule has 9 heteroatoms. The minimum Gasteiger partial charge on any atom is -0.314 e. The van der Waals surface area contributed by atoms with Crippen LogP contribution >= 0.6 is 12.4 Å². The molecule has 0 bridgehead atoms. The third kappa shape index (κ3) is 3.56. The van der Waals surface area contributed by atoms with E-state index in [1.54, 1.807) is 0 Å². The summed E-state index contributed by atoms with van der Waals surface area (Å²) in [6.07, 6.45) is 3.59. The van der Waals surface area contributed by atoms with Gasteiger partial charge in [-0.2, -0.15) is 4.31 Å². The average molecular weight is 385 g/mol. The van der Waals surface area contributed by atoms with Gasteiger partial charge in [-0.05, 0) is 50.3 Å². The largest absolute Gasteiger partial charge is 0.314 e. The molecule has 2 saturated heterocycles. The highest BCUT2D eigenvalue weighted by atomic mass is 35.5. The second-order valence-corrected chi connectivity index (χ2v) is 8.02. The van der Waals surface area contributed by atoms with Gasteiger partial charge in [-0.3, -0.25) is 0 Å². The minimum atomic E-state index is -4.15. The fraction of sp³-hybridized carbons (Fsp3) is 0.600. The molecule has 1 aromatic rings. The Morgan fingerprint density at radius 1 is 1.04 bits per heavy atom. The van der Waals surface area contributed by atoms with E-state index in [1.807, 2.05) is 0 Å². The molecule has 1 aromatic carbocycles. The number of piperidine rings is 1. The van der Waals surface area contributed by atoms with Crippen LogP contribution in [0.1, 0.15) is 25.7 Å². The highest BCUT2D eigenvalue weighted by Crippen LogP contribution is 2.30. The van der Waals surface area contributed by atoms with Crippen LogP contribution in [0.15, 0.2) is 17.0 Å². The zero-order chi connectivity index (χ0) is 16.6. The lowest BCUT2D eigenvalue weighted by atomic mass is 9.89. The Kier molecular flexibility index (Phi) is 6.17. The lowest BCUT2D eigenvalue weighted by Gasteiger charge is -2.34. The molecule has 2 aliphatic rings. The molecule has 2 fully saturated rings. The van der Waals surface area contributed by atoms with Crippen molar-refractivity contribution in [1.29, 1.82) is 0 Å². The molecule has 0 spiro atoms. The van der Waals surface area contributed by atoms with Gasteiger partial charge in [0.2, 0.25) is 10.0 Å². The SMILES string of the molecule is Cl.O=S(=O)(c1ccc(F)c(F)c1F)N1CCC(C2CCCN2)CC1. The van der Waals surface area contributed by atoms with Gasteiger partial charge in [0.1, 0.15) is 4.90 Å². The first-order valence-corrected chi connectivity index (χ1v) is 9.22. The molecular weight excluding hydrogens is 365 g/mol. The molecule has 0 amide bonds. The molecule has 0 aliphatic carbocycles. The summed E-state index contributed by atoms with van der Waals surface area (Å²) in [5, 5.41) is 3.42. The maximum absolute atomic E-state index is 13.8. The molecule has 3 rings (SSSR count). The van der Waals surface area contributed by atoms with E-state index in [0.29, 0.717) is 30.9 Å². The van der Waals surface area contributed by atoms with Crippen molar-refractivity contribution < 1.29 is 21.6 Å². The predicted molar refractivity (Wildman–Crippen MR) is 86.1 cm³/mol. The fourth-order valence-corrected chi connectivity index (χ4v) is 5.00. The van der Waals surface area contributed by atoms with Gasteiger partial charge in [0, 0.05) is 19.1 Å². The number of hydrogen-bond acceptors (Lipinski definition) is 3. The summed E-state index contributed by atoms with van der Waals surface area (Å²) in [7, 11) is -4.15. The van der Waals surface area contributed by atoms with Crippen LogP contribution < -0.4 is 5.32 Å². The Balaban J connectivity index is 0.00000208. The highest BCUT2D eigenvalue weighted by molar-refractivity contribution is 7.89. The summed E-state index contributed by atoms with van der Waals surface area (Å²) in [6, 6.07) is 1.84. The van der Waals surface area contributed by atoms with Gasteiger partial charge in [-0.1, -0.05) is 0 Å². The molecule has 2 aliphatic heterocycles. The van der Waals surface area contributed by atoms with Crippen molar-refractivity contribution in [3.05, 3.63) is 29.6 Å². The zero-order valence-corrected chi connectivity index (χ0v) is 14.6. The second-order valence-electron chi connectivity index (χ2n) is 6.12. The van der Waals surface area contributed by atoms with E-state index >= 15 is 0 Å².